The van der Waals surface area contributed by atoms with Crippen molar-refractivity contribution in [1.29, 1.82) is 0 Å². The van der Waals surface area contributed by atoms with Gasteiger partial charge in [0.05, 0.1) is 151 Å². The molecule has 6 bridgehead atoms. The average Bonchev–Trinajstić information content (AvgIpc) is 1.76. The van der Waals surface area contributed by atoms with Crippen LogP contribution in [0.1, 0.15) is 253 Å². The number of thioether (sulfide) groups is 3. The van der Waals surface area contributed by atoms with E-state index in [9.17, 15) is 43.5 Å². The van der Waals surface area contributed by atoms with Gasteiger partial charge < -0.3 is 45.3 Å². The van der Waals surface area contributed by atoms with Gasteiger partial charge in [-0.3, -0.25) is 51.8 Å². The lowest BCUT2D eigenvalue weighted by atomic mass is 9.98. The molecule has 33 heteroatoms. The summed E-state index contributed by atoms with van der Waals surface area (Å²) in [6.07, 6.45) is 4.25. The lowest BCUT2D eigenvalue weighted by Crippen LogP contribution is -2.35. The van der Waals surface area contributed by atoms with Gasteiger partial charge in [-0.15, -0.1) is 0 Å². The molecule has 6 aliphatic heterocycles. The number of hydrogen-bond donors (Lipinski definition) is 6. The van der Waals surface area contributed by atoms with Crippen molar-refractivity contribution in [2.45, 2.75) is 243 Å². The third kappa shape index (κ3) is 28.6. The van der Waals surface area contributed by atoms with Crippen molar-refractivity contribution in [3.63, 3.8) is 0 Å². The van der Waals surface area contributed by atoms with Crippen molar-refractivity contribution in [3.05, 3.63) is 283 Å². The normalized spacial score (nSPS) is 15.0. The van der Waals surface area contributed by atoms with Gasteiger partial charge in [0.15, 0.2) is 0 Å². The minimum atomic E-state index is -1.07. The largest absolute Gasteiger partial charge is 0.478 e. The Labute approximate surface area is 871 Å². The molecular weight excluding hydrogens is 1940 g/mol. The van der Waals surface area contributed by atoms with Crippen molar-refractivity contribution in [1.82, 2.24) is 59.5 Å². The fraction of sp³-hybridized carbons (Fsp3) is 0.398. The summed E-state index contributed by atoms with van der Waals surface area (Å²) in [6, 6.07) is 48.3. The number of fused-ring (bicyclic) bond motifs is 7. The van der Waals surface area contributed by atoms with Crippen LogP contribution in [0.3, 0.4) is 0 Å². The molecule has 4 aromatic heterocycles. The number of carboxylic acid groups (broad SMARTS) is 1. The van der Waals surface area contributed by atoms with Crippen LogP contribution in [0.4, 0.5) is 17.6 Å². The number of thiol groups is 1. The van der Waals surface area contributed by atoms with E-state index in [2.05, 4.69) is 43.9 Å². The molecule has 4 amide bonds. The van der Waals surface area contributed by atoms with Gasteiger partial charge in [-0.05, 0) is 196 Å². The van der Waals surface area contributed by atoms with E-state index < -0.39 is 44.4 Å². The van der Waals surface area contributed by atoms with Gasteiger partial charge in [-0.2, -0.15) is 32.6 Å². The lowest BCUT2D eigenvalue weighted by molar-refractivity contribution is -0.121. The Balaban J connectivity index is 0.000000230. The number of nitrogens with zero attached hydrogens (tertiary/aromatic N) is 8. The Kier molecular flexibility index (Phi) is 41.7. The maximum Gasteiger partial charge on any atom is 0.336 e. The van der Waals surface area contributed by atoms with Crippen molar-refractivity contribution in [2.75, 3.05) is 26.4 Å². The second-order valence-electron chi connectivity index (χ2n) is 36.9. The second-order valence-corrected chi connectivity index (χ2v) is 41.1. The highest BCUT2D eigenvalue weighted by Crippen LogP contribution is 2.40. The van der Waals surface area contributed by atoms with Crippen molar-refractivity contribution in [3.8, 4) is 68.5 Å². The van der Waals surface area contributed by atoms with Crippen LogP contribution in [-0.4, -0.2) is 136 Å². The standard InChI is InChI=1S/C56H64F2N6O6S2.C28H34FN3O4S.C28H32FN3O3S.CH4/c1-9-45-47-29-59-51(65)49(25-33(5)6)71-53(67)41-19-15-14-18-40(41)36-22-24-38(44(58)28-36)32-64-48(46(10-2)62-56(64)70-12-4)30-60-52(66)50(26-34(7)8)72-54(68)42-20-16-13-17-39(42)35-21-23-37(43(57)27-35)31-63(47)55(61-45)69-11-3;1-5-23-24(15-30-26(33)25(37)13-17(3)4)32(28(31-23)36-6-2)16-19-12-11-18(14-22(19)29)20-9-7-8-10-21(20)27(34)35;1-5-23-24-15-30-26(33)25(13-17(3)4)36-27(34)21-10-8-7-9-20(21)18-11-12-19(22(29)14-18)16-32(24)28(31-23)35-6-2;/h13-24,27-28,33-34,49-50H,9-12,25-26,29-32H2,1-8H3,(H,59,65)(H,60,66);7-12,14,17,25,37H,5-6,13,15-16H2,1-4H3,(H,30,33)(H,34,35);7-12,14,17,25H,5-6,13,15-16H2,1-4H3,(H,30,33);1H4/t49-,50-;2*25-;/m000./s1. The summed E-state index contributed by atoms with van der Waals surface area (Å²) in [5, 5.41) is 18.2. The Bertz CT molecular complexity index is 6430. The van der Waals surface area contributed by atoms with E-state index in [4.69, 9.17) is 28.9 Å². The third-order valence-corrected chi connectivity index (χ3v) is 28.5. The number of hydrogen-bond acceptors (Lipinski definition) is 20. The van der Waals surface area contributed by atoms with Gasteiger partial charge in [-0.25, -0.2) is 22.4 Å². The predicted octanol–water partition coefficient (Wildman–Crippen LogP) is 22.8. The summed E-state index contributed by atoms with van der Waals surface area (Å²) in [5.74, 6) is -3.37. The quantitative estimate of drug-likeness (QED) is 0.0206. The van der Waals surface area contributed by atoms with Crippen LogP contribution in [0.5, 0.6) is 24.0 Å². The summed E-state index contributed by atoms with van der Waals surface area (Å²) in [4.78, 5) is 127. The van der Waals surface area contributed by atoms with E-state index in [1.165, 1.54) is 30.3 Å². The first-order valence-electron chi connectivity index (χ1n) is 49.6. The number of halogens is 4. The van der Waals surface area contributed by atoms with Gasteiger partial charge in [0.2, 0.25) is 39.0 Å². The number of aromatic nitrogens is 8. The van der Waals surface area contributed by atoms with Gasteiger partial charge in [0.25, 0.3) is 24.0 Å². The van der Waals surface area contributed by atoms with Crippen LogP contribution in [0.2, 0.25) is 0 Å². The van der Waals surface area contributed by atoms with Crippen LogP contribution in [0, 0.1) is 46.9 Å². The Hall–Kier alpha value is -12.7. The zero-order chi connectivity index (χ0) is 105. The number of rotatable bonds is 27. The molecule has 10 heterocycles. The highest BCUT2D eigenvalue weighted by Gasteiger charge is 2.35. The molecule has 0 unspecified atom stereocenters. The number of aromatic carboxylic acids is 1. The summed E-state index contributed by atoms with van der Waals surface area (Å²) in [5.41, 5.74) is 12.5. The van der Waals surface area contributed by atoms with Crippen LogP contribution >= 0.6 is 47.9 Å². The monoisotopic (exact) mass is 2070 g/mol. The highest BCUT2D eigenvalue weighted by molar-refractivity contribution is 8.15. The lowest BCUT2D eigenvalue weighted by Gasteiger charge is -2.20. The molecule has 12 aromatic rings. The first kappa shape index (κ1) is 114. The maximum absolute atomic E-state index is 16.5. The van der Waals surface area contributed by atoms with Crippen LogP contribution in [0.25, 0.3) is 44.5 Å². The van der Waals surface area contributed by atoms with Crippen molar-refractivity contribution < 1.29 is 80.0 Å². The molecule has 0 saturated carbocycles. The predicted molar refractivity (Wildman–Crippen MR) is 574 cm³/mol. The van der Waals surface area contributed by atoms with E-state index in [0.29, 0.717) is 202 Å². The summed E-state index contributed by atoms with van der Waals surface area (Å²) < 4.78 is 94.4. The first-order valence-corrected chi connectivity index (χ1v) is 52.8. The van der Waals surface area contributed by atoms with Crippen LogP contribution < -0.4 is 40.2 Å². The van der Waals surface area contributed by atoms with E-state index in [0.717, 1.165) is 58.1 Å². The van der Waals surface area contributed by atoms with E-state index >= 15 is 17.6 Å². The van der Waals surface area contributed by atoms with E-state index in [-0.39, 0.29) is 140 Å². The molecule has 8 aromatic carbocycles. The van der Waals surface area contributed by atoms with Crippen molar-refractivity contribution >= 4 is 92.9 Å². The number of imidazole rings is 4. The number of nitrogens with one attached hydrogen (secondary N) is 4. The zero-order valence-electron chi connectivity index (χ0n) is 85.0. The fourth-order valence-corrected chi connectivity index (χ4v) is 21.7. The molecule has 5 N–H and O–H groups in total. The number of carbonyl (C=O) groups is 8. The van der Waals surface area contributed by atoms with Gasteiger partial charge in [-0.1, -0.05) is 247 Å². The molecule has 0 aliphatic carbocycles. The molecule has 776 valence electrons. The summed E-state index contributed by atoms with van der Waals surface area (Å²) in [6.45, 7) is 33.6. The molecule has 6 aliphatic rings. The molecule has 0 saturated heterocycles. The Morgan fingerprint density at radius 3 is 1.04 bits per heavy atom. The molecule has 146 heavy (non-hydrogen) atoms. The molecule has 25 nitrogen and oxygen atoms in total. The third-order valence-electron chi connectivity index (χ3n) is 24.7. The second kappa shape index (κ2) is 53.6. The van der Waals surface area contributed by atoms with Crippen LogP contribution in [-0.2, 0) is 97.2 Å². The number of amides is 4. The SMILES string of the molecule is C.CCOc1nc(CC)c(CNC(=O)[C@@H](S)CC(C)C)n1Cc1ccc(-c2ccccc2C(=O)O)cc1F.CCOc1nc(CC)c2n1Cc1ccc(cc1F)-c1ccccc1C(=O)S[C@@H](CC(C)C)C(=O)NC2.CCOc1nc(CC)c2n1Cc1ccc(cc1F)-c1ccccc1C(=O)S[C@@H](CC(C)C)C(=O)NCc1c(CC)nc(OCC)n1Cc1ccc(cc1F)-c1ccccc1C(=O)S[C@@H](CC(C)C)C(=O)NC2. The fourth-order valence-electron chi connectivity index (χ4n) is 17.5. The van der Waals surface area contributed by atoms with Gasteiger partial charge >= 0.3 is 5.97 Å². The molecular formula is C113H134F4N12O13S4. The van der Waals surface area contributed by atoms with Gasteiger partial charge in [0.1, 0.15) is 23.3 Å². The number of benzene rings is 8. The molecule has 0 fully saturated rings. The smallest absolute Gasteiger partial charge is 0.336 e. The minimum Gasteiger partial charge on any atom is -0.478 e. The Morgan fingerprint density at radius 2 is 0.726 bits per heavy atom. The first-order chi connectivity index (χ1) is 69.6. The number of ether oxygens (including phenoxy) is 4. The van der Waals surface area contributed by atoms with Crippen molar-refractivity contribution in [2.24, 2.45) is 23.7 Å². The zero-order valence-corrected chi connectivity index (χ0v) is 88.4. The molecule has 18 rings (SSSR count). The number of aryl methyl sites for hydroxylation is 4. The van der Waals surface area contributed by atoms with E-state index in [1.54, 1.807) is 135 Å². The minimum absolute atomic E-state index is 0. The topological polar surface area (TPSA) is 313 Å². The molecule has 4 atom stereocenters. The average molecular weight is 2070 g/mol. The Morgan fingerprint density at radius 1 is 0.418 bits per heavy atom. The van der Waals surface area contributed by atoms with Gasteiger partial charge in [0, 0.05) is 38.9 Å². The summed E-state index contributed by atoms with van der Waals surface area (Å²) in [7, 11) is 0. The highest BCUT2D eigenvalue weighted by atomic mass is 32.2. The maximum atomic E-state index is 16.5. The molecule has 0 radical (unpaired) electrons. The number of carboxylic acids is 1. The molecule has 0 spiro atoms. The van der Waals surface area contributed by atoms with Crippen LogP contribution in [0.15, 0.2) is 170 Å². The number of carbonyl (C=O) groups excluding carboxylic acids is 7. The summed E-state index contributed by atoms with van der Waals surface area (Å²) >= 11 is 7.32. The van der Waals surface area contributed by atoms with E-state index in [1.807, 2.05) is 134 Å².